The van der Waals surface area contributed by atoms with E-state index in [2.05, 4.69) is 10.4 Å². The molecular formula is C18H18N4O3. The first kappa shape index (κ1) is 15.6. The van der Waals surface area contributed by atoms with Gasteiger partial charge in [-0.15, -0.1) is 0 Å². The summed E-state index contributed by atoms with van der Waals surface area (Å²) < 4.78 is 1.86. The van der Waals surface area contributed by atoms with Gasteiger partial charge in [0.05, 0.1) is 23.4 Å². The lowest BCUT2D eigenvalue weighted by Gasteiger charge is -2.14. The summed E-state index contributed by atoms with van der Waals surface area (Å²) in [7, 11) is 1.44. The summed E-state index contributed by atoms with van der Waals surface area (Å²) in [6.45, 7) is 0. The molecule has 1 aliphatic heterocycles. The molecule has 128 valence electrons. The molecule has 0 spiro atoms. The highest BCUT2D eigenvalue weighted by Crippen LogP contribution is 2.31. The number of benzene rings is 1. The van der Waals surface area contributed by atoms with Crippen molar-refractivity contribution >= 4 is 23.5 Å². The van der Waals surface area contributed by atoms with Crippen LogP contribution < -0.4 is 5.32 Å². The van der Waals surface area contributed by atoms with E-state index in [1.807, 2.05) is 4.68 Å². The number of fused-ring (bicyclic) bond motifs is 1. The molecule has 4 rings (SSSR count). The van der Waals surface area contributed by atoms with Crippen molar-refractivity contribution in [1.29, 1.82) is 0 Å². The van der Waals surface area contributed by atoms with Crippen molar-refractivity contribution in [2.75, 3.05) is 12.4 Å². The minimum absolute atomic E-state index is 0.268. The van der Waals surface area contributed by atoms with Crippen molar-refractivity contribution in [2.24, 2.45) is 0 Å². The molecule has 0 bridgehead atoms. The number of hydrogen-bond donors (Lipinski definition) is 1. The number of nitrogens with one attached hydrogen (secondary N) is 1. The molecule has 1 aromatic carbocycles. The van der Waals surface area contributed by atoms with E-state index in [9.17, 15) is 14.4 Å². The topological polar surface area (TPSA) is 84.3 Å². The van der Waals surface area contributed by atoms with Crippen LogP contribution in [0.5, 0.6) is 0 Å². The molecule has 0 saturated heterocycles. The number of rotatable bonds is 3. The average molecular weight is 338 g/mol. The smallest absolute Gasteiger partial charge is 0.261 e. The van der Waals surface area contributed by atoms with Gasteiger partial charge in [0.15, 0.2) is 0 Å². The Morgan fingerprint density at radius 3 is 2.60 bits per heavy atom. The van der Waals surface area contributed by atoms with E-state index in [-0.39, 0.29) is 23.3 Å². The number of carbonyl (C=O) groups excluding carboxylic acids is 3. The number of hydrogen-bond acceptors (Lipinski definition) is 4. The molecule has 1 aliphatic carbocycles. The Bertz CT molecular complexity index is 880. The minimum Gasteiger partial charge on any atom is -0.307 e. The van der Waals surface area contributed by atoms with Crippen LogP contribution >= 0.6 is 0 Å². The van der Waals surface area contributed by atoms with Crippen LogP contribution in [0.3, 0.4) is 0 Å². The summed E-state index contributed by atoms with van der Waals surface area (Å²) in [4.78, 5) is 37.7. The summed E-state index contributed by atoms with van der Waals surface area (Å²) in [5.41, 5.74) is 0.943. The molecule has 2 aromatic rings. The zero-order valence-electron chi connectivity index (χ0n) is 13.9. The first-order valence-corrected chi connectivity index (χ1v) is 8.37. The average Bonchev–Trinajstić information content (AvgIpc) is 3.33. The maximum absolute atomic E-state index is 12.6. The van der Waals surface area contributed by atoms with Crippen LogP contribution in [0.15, 0.2) is 30.5 Å². The molecule has 1 N–H and O–H groups in total. The lowest BCUT2D eigenvalue weighted by atomic mass is 10.1. The molecule has 2 heterocycles. The Balaban J connectivity index is 1.58. The molecular weight excluding hydrogens is 320 g/mol. The molecule has 1 aromatic heterocycles. The summed E-state index contributed by atoms with van der Waals surface area (Å²) in [5, 5.41) is 7.20. The number of nitrogens with zero attached hydrogens (tertiary/aromatic N) is 3. The maximum atomic E-state index is 12.6. The van der Waals surface area contributed by atoms with Crippen LogP contribution in [0, 0.1) is 0 Å². The van der Waals surface area contributed by atoms with Crippen LogP contribution in [0.1, 0.15) is 62.8 Å². The van der Waals surface area contributed by atoms with Gasteiger partial charge < -0.3 is 5.32 Å². The Morgan fingerprint density at radius 1 is 1.12 bits per heavy atom. The monoisotopic (exact) mass is 338 g/mol. The SMILES string of the molecule is CN1C(=O)c2ccc(C(=O)Nc3ccnn3C3CCCC3)cc2C1=O. The van der Waals surface area contributed by atoms with Gasteiger partial charge in [-0.2, -0.15) is 5.10 Å². The van der Waals surface area contributed by atoms with Crippen molar-refractivity contribution in [3.05, 3.63) is 47.2 Å². The second kappa shape index (κ2) is 5.84. The predicted octanol–water partition coefficient (Wildman–Crippen LogP) is 2.48. The van der Waals surface area contributed by atoms with Gasteiger partial charge in [-0.25, -0.2) is 4.68 Å². The van der Waals surface area contributed by atoms with Gasteiger partial charge in [0.1, 0.15) is 5.82 Å². The van der Waals surface area contributed by atoms with Gasteiger partial charge in [-0.05, 0) is 31.0 Å². The van der Waals surface area contributed by atoms with Gasteiger partial charge in [-0.1, -0.05) is 12.8 Å². The molecule has 25 heavy (non-hydrogen) atoms. The molecule has 7 heteroatoms. The lowest BCUT2D eigenvalue weighted by molar-refractivity contribution is 0.0693. The predicted molar refractivity (Wildman–Crippen MR) is 90.6 cm³/mol. The van der Waals surface area contributed by atoms with Gasteiger partial charge in [0, 0.05) is 18.7 Å². The molecule has 0 unspecified atom stereocenters. The minimum atomic E-state index is -0.384. The van der Waals surface area contributed by atoms with Crippen molar-refractivity contribution in [2.45, 2.75) is 31.7 Å². The van der Waals surface area contributed by atoms with E-state index in [0.717, 1.165) is 17.7 Å². The fourth-order valence-corrected chi connectivity index (χ4v) is 3.54. The van der Waals surface area contributed by atoms with E-state index in [0.29, 0.717) is 23.0 Å². The van der Waals surface area contributed by atoms with Gasteiger partial charge in [0.25, 0.3) is 17.7 Å². The largest absolute Gasteiger partial charge is 0.307 e. The highest BCUT2D eigenvalue weighted by Gasteiger charge is 2.33. The Hall–Kier alpha value is -2.96. The number of amides is 3. The third-order valence-corrected chi connectivity index (χ3v) is 4.93. The van der Waals surface area contributed by atoms with Crippen LogP contribution in [-0.2, 0) is 0 Å². The van der Waals surface area contributed by atoms with Crippen LogP contribution in [0.25, 0.3) is 0 Å². The van der Waals surface area contributed by atoms with Crippen LogP contribution in [0.4, 0.5) is 5.82 Å². The van der Waals surface area contributed by atoms with Gasteiger partial charge >= 0.3 is 0 Å². The Morgan fingerprint density at radius 2 is 1.84 bits per heavy atom. The van der Waals surface area contributed by atoms with Crippen molar-refractivity contribution in [3.8, 4) is 0 Å². The third kappa shape index (κ3) is 2.52. The third-order valence-electron chi connectivity index (χ3n) is 4.93. The normalized spacial score (nSPS) is 17.2. The Labute approximate surface area is 144 Å². The molecule has 7 nitrogen and oxygen atoms in total. The fourth-order valence-electron chi connectivity index (χ4n) is 3.54. The first-order valence-electron chi connectivity index (χ1n) is 8.37. The van der Waals surface area contributed by atoms with Crippen molar-refractivity contribution in [1.82, 2.24) is 14.7 Å². The van der Waals surface area contributed by atoms with E-state index in [1.54, 1.807) is 18.3 Å². The molecule has 1 saturated carbocycles. The standard InChI is InChI=1S/C18H18N4O3/c1-21-17(24)13-7-6-11(10-14(13)18(21)25)16(23)20-15-8-9-19-22(15)12-4-2-3-5-12/h6-10,12H,2-5H2,1H3,(H,20,23). The number of aromatic nitrogens is 2. The molecule has 1 fully saturated rings. The number of anilines is 1. The van der Waals surface area contributed by atoms with Crippen molar-refractivity contribution < 1.29 is 14.4 Å². The quantitative estimate of drug-likeness (QED) is 0.871. The van der Waals surface area contributed by atoms with Crippen molar-refractivity contribution in [3.63, 3.8) is 0 Å². The lowest BCUT2D eigenvalue weighted by Crippen LogP contribution is -2.24. The summed E-state index contributed by atoms with van der Waals surface area (Å²) >= 11 is 0. The van der Waals surface area contributed by atoms with Gasteiger partial charge in [0.2, 0.25) is 0 Å². The molecule has 3 amide bonds. The second-order valence-corrected chi connectivity index (χ2v) is 6.48. The summed E-state index contributed by atoms with van der Waals surface area (Å²) in [5.74, 6) is -0.397. The first-order chi connectivity index (χ1) is 12.1. The highest BCUT2D eigenvalue weighted by molar-refractivity contribution is 6.22. The summed E-state index contributed by atoms with van der Waals surface area (Å²) in [6, 6.07) is 6.66. The molecule has 0 radical (unpaired) electrons. The van der Waals surface area contributed by atoms with E-state index < -0.39 is 0 Å². The number of imide groups is 1. The van der Waals surface area contributed by atoms with E-state index >= 15 is 0 Å². The number of carbonyl (C=O) groups is 3. The fraction of sp³-hybridized carbons (Fsp3) is 0.333. The van der Waals surface area contributed by atoms with E-state index in [4.69, 9.17) is 0 Å². The zero-order valence-corrected chi connectivity index (χ0v) is 13.9. The summed E-state index contributed by atoms with van der Waals surface area (Å²) in [6.07, 6.45) is 6.14. The second-order valence-electron chi connectivity index (χ2n) is 6.48. The maximum Gasteiger partial charge on any atom is 0.261 e. The van der Waals surface area contributed by atoms with Gasteiger partial charge in [-0.3, -0.25) is 19.3 Å². The highest BCUT2D eigenvalue weighted by atomic mass is 16.2. The van der Waals surface area contributed by atoms with Crippen LogP contribution in [-0.4, -0.2) is 39.4 Å². The zero-order chi connectivity index (χ0) is 17.6. The Kier molecular flexibility index (Phi) is 3.63. The van der Waals surface area contributed by atoms with E-state index in [1.165, 1.54) is 32.0 Å². The molecule has 2 aliphatic rings. The van der Waals surface area contributed by atoms with Crippen LogP contribution in [0.2, 0.25) is 0 Å². The molecule has 0 atom stereocenters.